The molecule has 0 aliphatic carbocycles. The molecule has 0 fully saturated rings. The number of amides is 1. The van der Waals surface area contributed by atoms with Gasteiger partial charge in [0.2, 0.25) is 5.95 Å². The van der Waals surface area contributed by atoms with Crippen LogP contribution in [-0.2, 0) is 14.3 Å². The first-order chi connectivity index (χ1) is 12.1. The summed E-state index contributed by atoms with van der Waals surface area (Å²) >= 11 is 0. The fraction of sp³-hybridized carbons (Fsp3) is 0.235. The number of esters is 1. The molecule has 25 heavy (non-hydrogen) atoms. The highest BCUT2D eigenvalue weighted by atomic mass is 16.5. The smallest absolute Gasteiger partial charge is 0.308 e. The molecule has 0 atom stereocenters. The number of anilines is 2. The normalized spacial score (nSPS) is 9.96. The fourth-order valence-electron chi connectivity index (χ4n) is 1.97. The first kappa shape index (κ1) is 18.1. The van der Waals surface area contributed by atoms with Crippen LogP contribution in [0.15, 0.2) is 42.7 Å². The zero-order valence-electron chi connectivity index (χ0n) is 13.7. The average molecular weight is 342 g/mol. The van der Waals surface area contributed by atoms with E-state index in [2.05, 4.69) is 20.6 Å². The zero-order chi connectivity index (χ0) is 18.1. The number of ketones is 1. The molecule has 2 rings (SSSR count). The Morgan fingerprint density at radius 1 is 1.08 bits per heavy atom. The molecule has 2 aromatic rings. The highest BCUT2D eigenvalue weighted by Gasteiger charge is 2.11. The molecular weight excluding hydrogens is 324 g/mol. The molecule has 0 saturated carbocycles. The van der Waals surface area contributed by atoms with Gasteiger partial charge in [-0.3, -0.25) is 14.4 Å². The van der Waals surface area contributed by atoms with Gasteiger partial charge >= 0.3 is 5.97 Å². The Hall–Kier alpha value is -3.29. The molecule has 1 aromatic heterocycles. The lowest BCUT2D eigenvalue weighted by Crippen LogP contribution is -2.22. The van der Waals surface area contributed by atoms with Crippen molar-refractivity contribution in [3.63, 3.8) is 0 Å². The van der Waals surface area contributed by atoms with Crippen molar-refractivity contribution >= 4 is 29.3 Å². The van der Waals surface area contributed by atoms with Crippen LogP contribution in [0.1, 0.15) is 23.7 Å². The van der Waals surface area contributed by atoms with Gasteiger partial charge in [-0.15, -0.1) is 0 Å². The van der Waals surface area contributed by atoms with Crippen molar-refractivity contribution in [1.29, 1.82) is 0 Å². The first-order valence-electron chi connectivity index (χ1n) is 7.62. The van der Waals surface area contributed by atoms with Gasteiger partial charge in [0, 0.05) is 24.5 Å². The molecule has 0 bridgehead atoms. The number of nitrogens with one attached hydrogen (secondary N) is 2. The maximum atomic E-state index is 11.9. The SMILES string of the molecule is CC(=O)c1ccccc1NC(=O)COC(=O)CCNc1ncccn1. The molecule has 8 nitrogen and oxygen atoms in total. The van der Waals surface area contributed by atoms with Crippen molar-refractivity contribution in [1.82, 2.24) is 9.97 Å². The number of hydrogen-bond acceptors (Lipinski definition) is 7. The molecule has 8 heteroatoms. The van der Waals surface area contributed by atoms with Crippen LogP contribution in [0, 0.1) is 0 Å². The summed E-state index contributed by atoms with van der Waals surface area (Å²) in [5.74, 6) is -0.796. The molecular formula is C17H18N4O4. The van der Waals surface area contributed by atoms with E-state index < -0.39 is 18.5 Å². The van der Waals surface area contributed by atoms with E-state index >= 15 is 0 Å². The number of hydrogen-bond donors (Lipinski definition) is 2. The number of aromatic nitrogens is 2. The van der Waals surface area contributed by atoms with Gasteiger partial charge in [0.1, 0.15) is 0 Å². The third kappa shape index (κ3) is 6.02. The van der Waals surface area contributed by atoms with Crippen molar-refractivity contribution < 1.29 is 19.1 Å². The number of carbonyl (C=O) groups is 3. The second-order valence-corrected chi connectivity index (χ2v) is 5.06. The van der Waals surface area contributed by atoms with Crippen LogP contribution in [0.25, 0.3) is 0 Å². The largest absolute Gasteiger partial charge is 0.456 e. The third-order valence-corrected chi connectivity index (χ3v) is 3.12. The first-order valence-corrected chi connectivity index (χ1v) is 7.62. The van der Waals surface area contributed by atoms with Gasteiger partial charge in [0.25, 0.3) is 5.91 Å². The van der Waals surface area contributed by atoms with Crippen LogP contribution in [0.4, 0.5) is 11.6 Å². The lowest BCUT2D eigenvalue weighted by atomic mass is 10.1. The second-order valence-electron chi connectivity index (χ2n) is 5.06. The third-order valence-electron chi connectivity index (χ3n) is 3.12. The number of Topliss-reactive ketones (excluding diaryl/α,β-unsaturated/α-hetero) is 1. The second kappa shape index (κ2) is 9.11. The molecule has 0 radical (unpaired) electrons. The number of benzene rings is 1. The number of carbonyl (C=O) groups excluding carboxylic acids is 3. The average Bonchev–Trinajstić information content (AvgIpc) is 2.61. The van der Waals surface area contributed by atoms with E-state index in [-0.39, 0.29) is 18.7 Å². The van der Waals surface area contributed by atoms with Crippen LogP contribution in [0.2, 0.25) is 0 Å². The molecule has 0 unspecified atom stereocenters. The fourth-order valence-corrected chi connectivity index (χ4v) is 1.97. The lowest BCUT2D eigenvalue weighted by molar-refractivity contribution is -0.147. The Labute approximate surface area is 144 Å². The summed E-state index contributed by atoms with van der Waals surface area (Å²) < 4.78 is 4.90. The minimum absolute atomic E-state index is 0.0650. The van der Waals surface area contributed by atoms with E-state index in [9.17, 15) is 14.4 Å². The van der Waals surface area contributed by atoms with E-state index in [1.807, 2.05) is 0 Å². The van der Waals surface area contributed by atoms with Crippen LogP contribution in [0.3, 0.4) is 0 Å². The standard InChI is InChI=1S/C17H18N4O4/c1-12(22)13-5-2-3-6-14(13)21-15(23)11-25-16(24)7-10-20-17-18-8-4-9-19-17/h2-6,8-9H,7,10-11H2,1H3,(H,21,23)(H,18,19,20). The van der Waals surface area contributed by atoms with Gasteiger partial charge in [-0.05, 0) is 25.1 Å². The van der Waals surface area contributed by atoms with Gasteiger partial charge in [0.15, 0.2) is 12.4 Å². The summed E-state index contributed by atoms with van der Waals surface area (Å²) in [6, 6.07) is 8.31. The van der Waals surface area contributed by atoms with E-state index in [0.29, 0.717) is 17.2 Å². The van der Waals surface area contributed by atoms with Gasteiger partial charge in [-0.25, -0.2) is 9.97 Å². The predicted molar refractivity (Wildman–Crippen MR) is 91.2 cm³/mol. The Morgan fingerprint density at radius 3 is 2.52 bits per heavy atom. The van der Waals surface area contributed by atoms with Crippen LogP contribution < -0.4 is 10.6 Å². The molecule has 0 spiro atoms. The van der Waals surface area contributed by atoms with Crippen molar-refractivity contribution in [3.8, 4) is 0 Å². The number of nitrogens with zero attached hydrogens (tertiary/aromatic N) is 2. The molecule has 130 valence electrons. The van der Waals surface area contributed by atoms with E-state index in [1.54, 1.807) is 42.7 Å². The highest BCUT2D eigenvalue weighted by Crippen LogP contribution is 2.15. The van der Waals surface area contributed by atoms with Gasteiger partial charge < -0.3 is 15.4 Å². The maximum Gasteiger partial charge on any atom is 0.308 e. The van der Waals surface area contributed by atoms with Gasteiger partial charge in [0.05, 0.1) is 12.1 Å². The number of para-hydroxylation sites is 1. The Kier molecular flexibility index (Phi) is 6.58. The topological polar surface area (TPSA) is 110 Å². The van der Waals surface area contributed by atoms with Gasteiger partial charge in [-0.1, -0.05) is 12.1 Å². The highest BCUT2D eigenvalue weighted by molar-refractivity contribution is 6.04. The Morgan fingerprint density at radius 2 is 1.80 bits per heavy atom. The molecule has 1 heterocycles. The van der Waals surface area contributed by atoms with Crippen LogP contribution in [0.5, 0.6) is 0 Å². The molecule has 2 N–H and O–H groups in total. The molecule has 0 aliphatic heterocycles. The summed E-state index contributed by atoms with van der Waals surface area (Å²) in [7, 11) is 0. The van der Waals surface area contributed by atoms with Crippen LogP contribution >= 0.6 is 0 Å². The minimum atomic E-state index is -0.529. The zero-order valence-corrected chi connectivity index (χ0v) is 13.7. The summed E-state index contributed by atoms with van der Waals surface area (Å²) in [5.41, 5.74) is 0.785. The molecule has 1 aromatic carbocycles. The van der Waals surface area contributed by atoms with Crippen molar-refractivity contribution in [2.75, 3.05) is 23.8 Å². The Balaban J connectivity index is 1.73. The van der Waals surface area contributed by atoms with E-state index in [4.69, 9.17) is 4.74 Å². The van der Waals surface area contributed by atoms with E-state index in [1.165, 1.54) is 6.92 Å². The number of rotatable bonds is 8. The molecule has 0 aliphatic rings. The van der Waals surface area contributed by atoms with Crippen molar-refractivity contribution in [2.24, 2.45) is 0 Å². The van der Waals surface area contributed by atoms with E-state index in [0.717, 1.165) is 0 Å². The lowest BCUT2D eigenvalue weighted by Gasteiger charge is -2.09. The van der Waals surface area contributed by atoms with Crippen molar-refractivity contribution in [2.45, 2.75) is 13.3 Å². The quantitative estimate of drug-likeness (QED) is 0.554. The predicted octanol–water partition coefficient (Wildman–Crippen LogP) is 1.66. The Bertz CT molecular complexity index is 749. The van der Waals surface area contributed by atoms with Crippen molar-refractivity contribution in [3.05, 3.63) is 48.3 Å². The summed E-state index contributed by atoms with van der Waals surface area (Å²) in [6.45, 7) is 1.28. The summed E-state index contributed by atoms with van der Waals surface area (Å²) in [5, 5.41) is 5.42. The molecule has 1 amide bonds. The maximum absolute atomic E-state index is 11.9. The summed E-state index contributed by atoms with van der Waals surface area (Å²) in [4.78, 5) is 42.9. The monoisotopic (exact) mass is 342 g/mol. The summed E-state index contributed by atoms with van der Waals surface area (Å²) in [6.07, 6.45) is 3.23. The van der Waals surface area contributed by atoms with Gasteiger partial charge in [-0.2, -0.15) is 0 Å². The van der Waals surface area contributed by atoms with Crippen LogP contribution in [-0.4, -0.2) is 40.8 Å². The minimum Gasteiger partial charge on any atom is -0.456 e. The number of ether oxygens (including phenoxy) is 1. The molecule has 0 saturated heterocycles.